The number of hydrogen-bond acceptors (Lipinski definition) is 5. The monoisotopic (exact) mass is 255 g/mol. The second-order valence-electron chi connectivity index (χ2n) is 4.81. The van der Waals surface area contributed by atoms with E-state index < -0.39 is 0 Å². The van der Waals surface area contributed by atoms with Crippen LogP contribution in [0.2, 0.25) is 5.15 Å². The van der Waals surface area contributed by atoms with Crippen LogP contribution in [0.25, 0.3) is 0 Å². The molecule has 0 spiro atoms. The van der Waals surface area contributed by atoms with Crippen LogP contribution in [-0.2, 0) is 0 Å². The lowest BCUT2D eigenvalue weighted by Gasteiger charge is -2.23. The van der Waals surface area contributed by atoms with Gasteiger partial charge in [-0.3, -0.25) is 0 Å². The number of likely N-dealkylation sites (N-methyl/N-ethyl adjacent to an activating group) is 1. The molecule has 1 aromatic heterocycles. The first-order chi connectivity index (χ1) is 8.00. The zero-order valence-corrected chi connectivity index (χ0v) is 11.1. The van der Waals surface area contributed by atoms with E-state index in [1.54, 1.807) is 0 Å². The van der Waals surface area contributed by atoms with Gasteiger partial charge in [0.25, 0.3) is 0 Å². The van der Waals surface area contributed by atoms with Gasteiger partial charge in [0.2, 0.25) is 0 Å². The van der Waals surface area contributed by atoms with Crippen molar-refractivity contribution >= 4 is 23.1 Å². The molecule has 5 nitrogen and oxygen atoms in total. The number of nitrogens with zero attached hydrogens (tertiary/aromatic N) is 4. The predicted octanol–water partition coefficient (Wildman–Crippen LogP) is 1.10. The third-order valence-corrected chi connectivity index (χ3v) is 3.65. The van der Waals surface area contributed by atoms with Crippen molar-refractivity contribution in [1.82, 2.24) is 14.9 Å². The van der Waals surface area contributed by atoms with Crippen LogP contribution >= 0.6 is 11.6 Å². The van der Waals surface area contributed by atoms with Gasteiger partial charge < -0.3 is 15.5 Å². The average molecular weight is 256 g/mol. The highest BCUT2D eigenvalue weighted by atomic mass is 35.5. The maximum absolute atomic E-state index is 5.92. The first kappa shape index (κ1) is 12.4. The van der Waals surface area contributed by atoms with Crippen molar-refractivity contribution in [2.24, 2.45) is 5.92 Å². The van der Waals surface area contributed by atoms with Gasteiger partial charge in [0.05, 0.1) is 0 Å². The minimum atomic E-state index is 0.330. The number of anilines is 2. The summed E-state index contributed by atoms with van der Waals surface area (Å²) < 4.78 is 0. The van der Waals surface area contributed by atoms with Gasteiger partial charge in [-0.2, -0.15) is 0 Å². The molecule has 2 N–H and O–H groups in total. The van der Waals surface area contributed by atoms with Crippen LogP contribution in [-0.4, -0.2) is 48.1 Å². The van der Waals surface area contributed by atoms with Gasteiger partial charge in [0.15, 0.2) is 11.0 Å². The Bertz CT molecular complexity index is 409. The molecule has 0 saturated carbocycles. The topological polar surface area (TPSA) is 58.3 Å². The average Bonchev–Trinajstić information content (AvgIpc) is 2.64. The van der Waals surface area contributed by atoms with E-state index in [0.717, 1.165) is 18.9 Å². The molecule has 0 radical (unpaired) electrons. The summed E-state index contributed by atoms with van der Waals surface area (Å²) in [6.07, 6.45) is 1.46. The molecule has 2 heterocycles. The first-order valence-electron chi connectivity index (χ1n) is 5.68. The summed E-state index contributed by atoms with van der Waals surface area (Å²) in [4.78, 5) is 12.5. The number of aromatic nitrogens is 2. The highest BCUT2D eigenvalue weighted by molar-refractivity contribution is 6.32. The molecule has 1 aliphatic heterocycles. The Morgan fingerprint density at radius 2 is 2.12 bits per heavy atom. The summed E-state index contributed by atoms with van der Waals surface area (Å²) in [7, 11) is 4.20. The van der Waals surface area contributed by atoms with Crippen LogP contribution in [0.1, 0.15) is 6.92 Å². The largest absolute Gasteiger partial charge is 0.393 e. The molecule has 17 heavy (non-hydrogen) atoms. The summed E-state index contributed by atoms with van der Waals surface area (Å²) in [5.41, 5.74) is 6.39. The summed E-state index contributed by atoms with van der Waals surface area (Å²) in [5.74, 6) is 1.33. The Balaban J connectivity index is 2.23. The maximum Gasteiger partial charge on any atom is 0.157 e. The Kier molecular flexibility index (Phi) is 3.40. The van der Waals surface area contributed by atoms with Crippen molar-refractivity contribution in [2.75, 3.05) is 37.8 Å². The van der Waals surface area contributed by atoms with E-state index >= 15 is 0 Å². The number of halogens is 1. The highest BCUT2D eigenvalue weighted by Gasteiger charge is 2.32. The lowest BCUT2D eigenvalue weighted by atomic mass is 10.1. The van der Waals surface area contributed by atoms with Gasteiger partial charge in [0.1, 0.15) is 12.0 Å². The number of nitrogen functional groups attached to an aromatic ring is 1. The zero-order chi connectivity index (χ0) is 12.6. The zero-order valence-electron chi connectivity index (χ0n) is 10.4. The SMILES string of the molecule is CC1CN(c2ncnc(Cl)c2N)CC1N(C)C. The normalized spacial score (nSPS) is 24.6. The van der Waals surface area contributed by atoms with E-state index in [1.807, 2.05) is 0 Å². The lowest BCUT2D eigenvalue weighted by molar-refractivity contribution is 0.266. The summed E-state index contributed by atoms with van der Waals surface area (Å²) in [6, 6.07) is 0.517. The van der Waals surface area contributed by atoms with E-state index in [2.05, 4.69) is 40.8 Å². The second kappa shape index (κ2) is 4.66. The molecule has 1 aliphatic rings. The lowest BCUT2D eigenvalue weighted by Crippen LogP contribution is -2.34. The number of rotatable bonds is 2. The molecule has 1 aromatic rings. The fourth-order valence-electron chi connectivity index (χ4n) is 2.41. The fourth-order valence-corrected chi connectivity index (χ4v) is 2.54. The molecular weight excluding hydrogens is 238 g/mol. The van der Waals surface area contributed by atoms with Gasteiger partial charge in [-0.05, 0) is 20.0 Å². The second-order valence-corrected chi connectivity index (χ2v) is 5.17. The summed E-state index contributed by atoms with van der Waals surface area (Å²) in [6.45, 7) is 4.11. The van der Waals surface area contributed by atoms with Crippen molar-refractivity contribution in [3.8, 4) is 0 Å². The summed E-state index contributed by atoms with van der Waals surface area (Å²) in [5, 5.41) is 0.330. The predicted molar refractivity (Wildman–Crippen MR) is 70.3 cm³/mol. The number of hydrogen-bond donors (Lipinski definition) is 1. The van der Waals surface area contributed by atoms with Crippen molar-refractivity contribution in [3.63, 3.8) is 0 Å². The van der Waals surface area contributed by atoms with E-state index in [9.17, 15) is 0 Å². The van der Waals surface area contributed by atoms with Crippen molar-refractivity contribution in [3.05, 3.63) is 11.5 Å². The molecule has 0 bridgehead atoms. The molecule has 0 aliphatic carbocycles. The maximum atomic E-state index is 5.92. The molecule has 1 fully saturated rings. The van der Waals surface area contributed by atoms with Gasteiger partial charge in [-0.25, -0.2) is 9.97 Å². The van der Waals surface area contributed by atoms with Crippen molar-refractivity contribution in [2.45, 2.75) is 13.0 Å². The van der Waals surface area contributed by atoms with Crippen LogP contribution in [0.5, 0.6) is 0 Å². The van der Waals surface area contributed by atoms with Gasteiger partial charge in [0, 0.05) is 19.1 Å². The standard InChI is InChI=1S/C11H18ClN5/c1-7-4-17(5-8(7)16(2)3)11-9(13)10(12)14-6-15-11/h6-8H,4-5,13H2,1-3H3. The van der Waals surface area contributed by atoms with E-state index in [-0.39, 0.29) is 0 Å². The Morgan fingerprint density at radius 3 is 2.71 bits per heavy atom. The van der Waals surface area contributed by atoms with E-state index in [0.29, 0.717) is 22.8 Å². The minimum absolute atomic E-state index is 0.330. The molecule has 0 amide bonds. The first-order valence-corrected chi connectivity index (χ1v) is 6.06. The smallest absolute Gasteiger partial charge is 0.157 e. The van der Waals surface area contributed by atoms with Gasteiger partial charge >= 0.3 is 0 Å². The van der Waals surface area contributed by atoms with Crippen LogP contribution in [0.4, 0.5) is 11.5 Å². The van der Waals surface area contributed by atoms with Gasteiger partial charge in [-0.1, -0.05) is 18.5 Å². The van der Waals surface area contributed by atoms with Crippen molar-refractivity contribution in [1.29, 1.82) is 0 Å². The summed E-state index contributed by atoms with van der Waals surface area (Å²) >= 11 is 5.91. The molecule has 2 rings (SSSR count). The Labute approximate surface area is 107 Å². The van der Waals surface area contributed by atoms with E-state index in [1.165, 1.54) is 6.33 Å². The van der Waals surface area contributed by atoms with Crippen LogP contribution < -0.4 is 10.6 Å². The quantitative estimate of drug-likeness (QED) is 0.802. The Hall–Kier alpha value is -1.07. The van der Waals surface area contributed by atoms with Crippen LogP contribution in [0.3, 0.4) is 0 Å². The molecule has 2 atom stereocenters. The van der Waals surface area contributed by atoms with Crippen LogP contribution in [0.15, 0.2) is 6.33 Å². The molecule has 6 heteroatoms. The highest BCUT2D eigenvalue weighted by Crippen LogP contribution is 2.30. The van der Waals surface area contributed by atoms with Crippen molar-refractivity contribution < 1.29 is 0 Å². The number of nitrogens with two attached hydrogens (primary N) is 1. The molecule has 0 aromatic carbocycles. The molecule has 94 valence electrons. The Morgan fingerprint density at radius 1 is 1.41 bits per heavy atom. The van der Waals surface area contributed by atoms with Crippen LogP contribution in [0, 0.1) is 5.92 Å². The van der Waals surface area contributed by atoms with Gasteiger partial charge in [-0.15, -0.1) is 0 Å². The molecule has 2 unspecified atom stereocenters. The third kappa shape index (κ3) is 2.30. The molecule has 1 saturated heterocycles. The minimum Gasteiger partial charge on any atom is -0.393 e. The fraction of sp³-hybridized carbons (Fsp3) is 0.636. The third-order valence-electron chi connectivity index (χ3n) is 3.35. The van der Waals surface area contributed by atoms with E-state index in [4.69, 9.17) is 17.3 Å². The molecular formula is C11H18ClN5.